The summed E-state index contributed by atoms with van der Waals surface area (Å²) in [5, 5.41) is 4.47. The summed E-state index contributed by atoms with van der Waals surface area (Å²) in [4.78, 5) is 32.8. The van der Waals surface area contributed by atoms with Crippen LogP contribution in [-0.2, 0) is 17.6 Å². The van der Waals surface area contributed by atoms with E-state index in [2.05, 4.69) is 10.1 Å². The van der Waals surface area contributed by atoms with Crippen LogP contribution in [0.1, 0.15) is 41.8 Å². The first-order chi connectivity index (χ1) is 13.5. The van der Waals surface area contributed by atoms with E-state index in [4.69, 9.17) is 27.7 Å². The molecule has 150 valence electrons. The molecule has 0 atom stereocenters. The van der Waals surface area contributed by atoms with Crippen molar-refractivity contribution in [1.82, 2.24) is 19.9 Å². The van der Waals surface area contributed by atoms with Gasteiger partial charge in [-0.25, -0.2) is 0 Å². The lowest BCUT2D eigenvalue weighted by molar-refractivity contribution is -0.132. The van der Waals surface area contributed by atoms with Gasteiger partial charge in [0.2, 0.25) is 11.8 Å². The van der Waals surface area contributed by atoms with Gasteiger partial charge in [-0.3, -0.25) is 9.59 Å². The first-order valence-electron chi connectivity index (χ1n) is 9.32. The maximum atomic E-state index is 12.7. The number of rotatable bonds is 6. The van der Waals surface area contributed by atoms with Crippen molar-refractivity contribution in [2.75, 3.05) is 26.2 Å². The summed E-state index contributed by atoms with van der Waals surface area (Å²) in [6, 6.07) is 5.01. The zero-order chi connectivity index (χ0) is 20.1. The van der Waals surface area contributed by atoms with Gasteiger partial charge < -0.3 is 14.3 Å². The molecule has 0 aliphatic carbocycles. The first kappa shape index (κ1) is 20.6. The van der Waals surface area contributed by atoms with Crippen molar-refractivity contribution < 1.29 is 14.1 Å². The van der Waals surface area contributed by atoms with E-state index in [9.17, 15) is 9.59 Å². The number of hydrogen-bond donors (Lipinski definition) is 0. The van der Waals surface area contributed by atoms with Gasteiger partial charge in [0.25, 0.3) is 5.91 Å². The van der Waals surface area contributed by atoms with Crippen LogP contribution in [0.2, 0.25) is 10.0 Å². The van der Waals surface area contributed by atoms with Gasteiger partial charge in [0.05, 0.1) is 15.6 Å². The molecule has 7 nitrogen and oxygen atoms in total. The second-order valence-electron chi connectivity index (χ2n) is 6.59. The third-order valence-corrected chi connectivity index (χ3v) is 5.53. The van der Waals surface area contributed by atoms with Crippen LogP contribution in [0.3, 0.4) is 0 Å². The van der Waals surface area contributed by atoms with E-state index >= 15 is 0 Å². The van der Waals surface area contributed by atoms with Crippen molar-refractivity contribution in [2.24, 2.45) is 0 Å². The molecule has 0 saturated carbocycles. The van der Waals surface area contributed by atoms with Gasteiger partial charge in [-0.1, -0.05) is 41.3 Å². The fourth-order valence-corrected chi connectivity index (χ4v) is 3.46. The maximum Gasteiger partial charge on any atom is 0.255 e. The number of aryl methyl sites for hydroxylation is 2. The molecule has 28 heavy (non-hydrogen) atoms. The number of carbonyl (C=O) groups is 2. The van der Waals surface area contributed by atoms with Gasteiger partial charge >= 0.3 is 0 Å². The number of halogens is 2. The van der Waals surface area contributed by atoms with Gasteiger partial charge in [-0.05, 0) is 18.6 Å². The number of piperazine rings is 1. The van der Waals surface area contributed by atoms with E-state index in [0.29, 0.717) is 67.7 Å². The highest BCUT2D eigenvalue weighted by atomic mass is 35.5. The van der Waals surface area contributed by atoms with Crippen LogP contribution in [-0.4, -0.2) is 57.9 Å². The van der Waals surface area contributed by atoms with E-state index in [1.807, 2.05) is 6.92 Å². The predicted molar refractivity (Wildman–Crippen MR) is 106 cm³/mol. The molecule has 2 amide bonds. The summed E-state index contributed by atoms with van der Waals surface area (Å²) in [7, 11) is 0. The average Bonchev–Trinajstić information content (AvgIpc) is 3.17. The molecule has 1 saturated heterocycles. The molecular formula is C19H22Cl2N4O3. The quantitative estimate of drug-likeness (QED) is 0.710. The Hall–Kier alpha value is -2.12. The fourth-order valence-electron chi connectivity index (χ4n) is 3.08. The van der Waals surface area contributed by atoms with Crippen LogP contribution >= 0.6 is 23.2 Å². The van der Waals surface area contributed by atoms with E-state index < -0.39 is 0 Å². The lowest BCUT2D eigenvalue weighted by Gasteiger charge is -2.35. The Balaban J connectivity index is 1.46. The normalized spacial score (nSPS) is 14.4. The van der Waals surface area contributed by atoms with Gasteiger partial charge in [0, 0.05) is 45.4 Å². The SMILES string of the molecule is CCc1noc(CCCC(=O)N2CCN(C(=O)c3cccc(Cl)c3Cl)CC2)n1. The van der Waals surface area contributed by atoms with Crippen molar-refractivity contribution >= 4 is 35.0 Å². The summed E-state index contributed by atoms with van der Waals surface area (Å²) in [5.74, 6) is 1.16. The summed E-state index contributed by atoms with van der Waals surface area (Å²) in [6.45, 7) is 3.91. The minimum Gasteiger partial charge on any atom is -0.339 e. The number of amides is 2. The predicted octanol–water partition coefficient (Wildman–Crippen LogP) is 3.25. The molecule has 0 unspecified atom stereocenters. The number of carbonyl (C=O) groups excluding carboxylic acids is 2. The molecule has 1 aliphatic heterocycles. The summed E-state index contributed by atoms with van der Waals surface area (Å²) < 4.78 is 5.13. The van der Waals surface area contributed by atoms with Crippen molar-refractivity contribution in [3.63, 3.8) is 0 Å². The molecule has 2 heterocycles. The van der Waals surface area contributed by atoms with Crippen LogP contribution in [0.25, 0.3) is 0 Å². The van der Waals surface area contributed by atoms with E-state index in [0.717, 1.165) is 6.42 Å². The number of aromatic nitrogens is 2. The first-order valence-corrected chi connectivity index (χ1v) is 10.1. The monoisotopic (exact) mass is 424 g/mol. The molecule has 0 N–H and O–H groups in total. The van der Waals surface area contributed by atoms with Crippen molar-refractivity contribution in [3.8, 4) is 0 Å². The van der Waals surface area contributed by atoms with Crippen LogP contribution in [0.5, 0.6) is 0 Å². The van der Waals surface area contributed by atoms with E-state index in [1.165, 1.54) is 0 Å². The average molecular weight is 425 g/mol. The third kappa shape index (κ3) is 4.83. The highest BCUT2D eigenvalue weighted by molar-refractivity contribution is 6.43. The minimum atomic E-state index is -0.164. The molecule has 1 aliphatic rings. The zero-order valence-electron chi connectivity index (χ0n) is 15.7. The Labute approximate surface area is 173 Å². The molecule has 0 bridgehead atoms. The highest BCUT2D eigenvalue weighted by Crippen LogP contribution is 2.26. The van der Waals surface area contributed by atoms with Gasteiger partial charge in [0.15, 0.2) is 5.82 Å². The topological polar surface area (TPSA) is 79.5 Å². The Morgan fingerprint density at radius 1 is 1.14 bits per heavy atom. The molecule has 1 fully saturated rings. The van der Waals surface area contributed by atoms with Crippen molar-refractivity contribution in [2.45, 2.75) is 32.6 Å². The van der Waals surface area contributed by atoms with Gasteiger partial charge in [0.1, 0.15) is 0 Å². The second kappa shape index (κ2) is 9.39. The smallest absolute Gasteiger partial charge is 0.255 e. The second-order valence-corrected chi connectivity index (χ2v) is 7.37. The molecule has 0 radical (unpaired) electrons. The Bertz CT molecular complexity index is 847. The Kier molecular flexibility index (Phi) is 6.91. The number of hydrogen-bond acceptors (Lipinski definition) is 5. The van der Waals surface area contributed by atoms with E-state index in [-0.39, 0.29) is 16.8 Å². The largest absolute Gasteiger partial charge is 0.339 e. The number of nitrogens with zero attached hydrogens (tertiary/aromatic N) is 4. The van der Waals surface area contributed by atoms with Gasteiger partial charge in [-0.2, -0.15) is 4.98 Å². The Morgan fingerprint density at radius 3 is 2.54 bits per heavy atom. The molecule has 1 aromatic heterocycles. The Morgan fingerprint density at radius 2 is 1.86 bits per heavy atom. The van der Waals surface area contributed by atoms with Crippen molar-refractivity contribution in [1.29, 1.82) is 0 Å². The molecule has 3 rings (SSSR count). The van der Waals surface area contributed by atoms with Gasteiger partial charge in [-0.15, -0.1) is 0 Å². The standard InChI is InChI=1S/C19H22Cl2N4O3/c1-2-15-22-16(28-23-15)7-4-8-17(26)24-9-11-25(12-10-24)19(27)13-5-3-6-14(20)18(13)21/h3,5-6H,2,4,7-12H2,1H3. The lowest BCUT2D eigenvalue weighted by atomic mass is 10.1. The van der Waals surface area contributed by atoms with Crippen LogP contribution < -0.4 is 0 Å². The van der Waals surface area contributed by atoms with Crippen LogP contribution in [0.15, 0.2) is 22.7 Å². The molecule has 9 heteroatoms. The van der Waals surface area contributed by atoms with Crippen LogP contribution in [0.4, 0.5) is 0 Å². The number of benzene rings is 1. The fraction of sp³-hybridized carbons (Fsp3) is 0.474. The van der Waals surface area contributed by atoms with E-state index in [1.54, 1.807) is 28.0 Å². The summed E-state index contributed by atoms with van der Waals surface area (Å²) in [6.07, 6.45) is 2.38. The maximum absolute atomic E-state index is 12.7. The van der Waals surface area contributed by atoms with Crippen molar-refractivity contribution in [3.05, 3.63) is 45.5 Å². The lowest BCUT2D eigenvalue weighted by Crippen LogP contribution is -2.50. The summed E-state index contributed by atoms with van der Waals surface area (Å²) in [5.41, 5.74) is 0.389. The molecule has 2 aromatic rings. The van der Waals surface area contributed by atoms with Crippen LogP contribution in [0, 0.1) is 0 Å². The molecular weight excluding hydrogens is 403 g/mol. The summed E-state index contributed by atoms with van der Waals surface area (Å²) >= 11 is 12.1. The third-order valence-electron chi connectivity index (χ3n) is 4.71. The minimum absolute atomic E-state index is 0.0723. The molecule has 0 spiro atoms. The zero-order valence-corrected chi connectivity index (χ0v) is 17.2. The molecule has 1 aromatic carbocycles. The highest BCUT2D eigenvalue weighted by Gasteiger charge is 2.26.